The van der Waals surface area contributed by atoms with Crippen LogP contribution in [0.2, 0.25) is 0 Å². The maximum absolute atomic E-state index is 12.6. The van der Waals surface area contributed by atoms with Crippen LogP contribution >= 0.6 is 0 Å². The number of aromatic nitrogens is 1. The van der Waals surface area contributed by atoms with Crippen LogP contribution in [0, 0.1) is 5.82 Å². The van der Waals surface area contributed by atoms with Gasteiger partial charge in [0, 0.05) is 6.07 Å². The van der Waals surface area contributed by atoms with Gasteiger partial charge in [0.1, 0.15) is 18.2 Å². The molecule has 4 heteroatoms. The second kappa shape index (κ2) is 4.61. The van der Waals surface area contributed by atoms with Crippen LogP contribution in [0.3, 0.4) is 0 Å². The smallest absolute Gasteiger partial charge is 0.213 e. The van der Waals surface area contributed by atoms with Crippen molar-refractivity contribution in [2.24, 2.45) is 0 Å². The Kier molecular flexibility index (Phi) is 3.00. The van der Waals surface area contributed by atoms with Crippen LogP contribution in [0.4, 0.5) is 4.39 Å². The van der Waals surface area contributed by atoms with E-state index in [2.05, 4.69) is 4.98 Å². The molecule has 0 aliphatic carbocycles. The van der Waals surface area contributed by atoms with E-state index in [-0.39, 0.29) is 11.6 Å². The van der Waals surface area contributed by atoms with Gasteiger partial charge in [0.2, 0.25) is 5.88 Å². The summed E-state index contributed by atoms with van der Waals surface area (Å²) in [6.07, 6.45) is 1.31. The third-order valence-electron chi connectivity index (χ3n) is 2.02. The van der Waals surface area contributed by atoms with Crippen molar-refractivity contribution in [2.75, 3.05) is 0 Å². The van der Waals surface area contributed by atoms with Crippen LogP contribution in [0.1, 0.15) is 5.56 Å². The van der Waals surface area contributed by atoms with E-state index in [1.54, 1.807) is 18.2 Å². The van der Waals surface area contributed by atoms with E-state index in [1.165, 1.54) is 24.4 Å². The molecule has 1 heterocycles. The number of aromatic hydroxyl groups is 1. The van der Waals surface area contributed by atoms with Crippen LogP contribution in [-0.2, 0) is 6.61 Å². The summed E-state index contributed by atoms with van der Waals surface area (Å²) >= 11 is 0. The predicted octanol–water partition coefficient (Wildman–Crippen LogP) is 2.51. The third kappa shape index (κ3) is 2.70. The highest BCUT2D eigenvalue weighted by Gasteiger charge is 1.97. The number of rotatable bonds is 3. The molecular weight excluding hydrogens is 209 g/mol. The Morgan fingerprint density at radius 3 is 2.50 bits per heavy atom. The summed E-state index contributed by atoms with van der Waals surface area (Å²) < 4.78 is 18.0. The molecule has 1 N–H and O–H groups in total. The second-order valence-electron chi connectivity index (χ2n) is 3.27. The van der Waals surface area contributed by atoms with Crippen molar-refractivity contribution in [3.8, 4) is 11.6 Å². The van der Waals surface area contributed by atoms with Crippen LogP contribution in [-0.4, -0.2) is 10.1 Å². The van der Waals surface area contributed by atoms with Crippen LogP contribution in [0.25, 0.3) is 0 Å². The number of hydrogen-bond acceptors (Lipinski definition) is 3. The van der Waals surface area contributed by atoms with Gasteiger partial charge < -0.3 is 9.84 Å². The average molecular weight is 219 g/mol. The zero-order valence-corrected chi connectivity index (χ0v) is 8.43. The highest BCUT2D eigenvalue weighted by molar-refractivity contribution is 5.22. The summed E-state index contributed by atoms with van der Waals surface area (Å²) in [4.78, 5) is 3.86. The zero-order valence-electron chi connectivity index (χ0n) is 8.43. The topological polar surface area (TPSA) is 42.4 Å². The quantitative estimate of drug-likeness (QED) is 0.862. The van der Waals surface area contributed by atoms with Crippen LogP contribution < -0.4 is 4.74 Å². The molecule has 0 aliphatic heterocycles. The molecule has 0 unspecified atom stereocenters. The SMILES string of the molecule is Oc1ccc(OCc2ccc(F)cc2)nc1. The molecule has 0 saturated carbocycles. The largest absolute Gasteiger partial charge is 0.506 e. The number of ether oxygens (including phenoxy) is 1. The Hall–Kier alpha value is -2.10. The molecule has 3 nitrogen and oxygen atoms in total. The van der Waals surface area contributed by atoms with Crippen molar-refractivity contribution in [3.63, 3.8) is 0 Å². The van der Waals surface area contributed by atoms with E-state index in [0.29, 0.717) is 12.5 Å². The Labute approximate surface area is 92.1 Å². The lowest BCUT2D eigenvalue weighted by Gasteiger charge is -2.04. The van der Waals surface area contributed by atoms with Gasteiger partial charge in [0.15, 0.2) is 0 Å². The first-order chi connectivity index (χ1) is 7.74. The monoisotopic (exact) mass is 219 g/mol. The van der Waals surface area contributed by atoms with E-state index >= 15 is 0 Å². The zero-order chi connectivity index (χ0) is 11.4. The summed E-state index contributed by atoms with van der Waals surface area (Å²) in [5, 5.41) is 9.01. The second-order valence-corrected chi connectivity index (χ2v) is 3.27. The Morgan fingerprint density at radius 1 is 1.12 bits per heavy atom. The summed E-state index contributed by atoms with van der Waals surface area (Å²) in [6, 6.07) is 9.11. The maximum Gasteiger partial charge on any atom is 0.213 e. The molecule has 2 rings (SSSR count). The summed E-state index contributed by atoms with van der Waals surface area (Å²) in [7, 11) is 0. The molecule has 0 bridgehead atoms. The van der Waals surface area contributed by atoms with Crippen LogP contribution in [0.15, 0.2) is 42.6 Å². The number of pyridine rings is 1. The van der Waals surface area contributed by atoms with Gasteiger partial charge in [0.25, 0.3) is 0 Å². The molecule has 0 amide bonds. The van der Waals surface area contributed by atoms with E-state index in [4.69, 9.17) is 9.84 Å². The normalized spacial score (nSPS) is 10.1. The molecule has 16 heavy (non-hydrogen) atoms. The highest BCUT2D eigenvalue weighted by atomic mass is 19.1. The van der Waals surface area contributed by atoms with E-state index < -0.39 is 0 Å². The first-order valence-electron chi connectivity index (χ1n) is 4.76. The third-order valence-corrected chi connectivity index (χ3v) is 2.02. The van der Waals surface area contributed by atoms with Crippen molar-refractivity contribution in [1.82, 2.24) is 4.98 Å². The minimum absolute atomic E-state index is 0.0918. The lowest BCUT2D eigenvalue weighted by Crippen LogP contribution is -1.96. The van der Waals surface area contributed by atoms with Gasteiger partial charge in [-0.05, 0) is 23.8 Å². The number of nitrogens with zero attached hydrogens (tertiary/aromatic N) is 1. The lowest BCUT2D eigenvalue weighted by molar-refractivity contribution is 0.293. The minimum atomic E-state index is -0.272. The number of hydrogen-bond donors (Lipinski definition) is 1. The molecule has 0 fully saturated rings. The predicted molar refractivity (Wildman–Crippen MR) is 56.6 cm³/mol. The fraction of sp³-hybridized carbons (Fsp3) is 0.0833. The number of benzene rings is 1. The van der Waals surface area contributed by atoms with Crippen LogP contribution in [0.5, 0.6) is 11.6 Å². The standard InChI is InChI=1S/C12H10FNO2/c13-10-3-1-9(2-4-10)8-16-12-6-5-11(15)7-14-12/h1-7,15H,8H2. The van der Waals surface area contributed by atoms with Gasteiger partial charge in [-0.1, -0.05) is 12.1 Å². The van der Waals surface area contributed by atoms with Crippen molar-refractivity contribution in [3.05, 3.63) is 54.0 Å². The Balaban J connectivity index is 1.97. The van der Waals surface area contributed by atoms with E-state index in [1.807, 2.05) is 0 Å². The van der Waals surface area contributed by atoms with E-state index in [0.717, 1.165) is 5.56 Å². The fourth-order valence-electron chi connectivity index (χ4n) is 1.20. The molecule has 0 atom stereocenters. The Bertz CT molecular complexity index is 408. The van der Waals surface area contributed by atoms with Crippen molar-refractivity contribution >= 4 is 0 Å². The summed E-state index contributed by atoms with van der Waals surface area (Å²) in [5.41, 5.74) is 0.858. The minimum Gasteiger partial charge on any atom is -0.506 e. The molecule has 0 radical (unpaired) electrons. The van der Waals surface area contributed by atoms with Gasteiger partial charge in [-0.25, -0.2) is 9.37 Å². The average Bonchev–Trinajstić information content (AvgIpc) is 2.30. The van der Waals surface area contributed by atoms with Crippen molar-refractivity contribution in [1.29, 1.82) is 0 Å². The Morgan fingerprint density at radius 2 is 1.88 bits per heavy atom. The molecule has 0 spiro atoms. The van der Waals surface area contributed by atoms with E-state index in [9.17, 15) is 4.39 Å². The molecule has 0 saturated heterocycles. The van der Waals surface area contributed by atoms with Gasteiger partial charge in [-0.2, -0.15) is 0 Å². The fourth-order valence-corrected chi connectivity index (χ4v) is 1.20. The molecule has 2 aromatic rings. The van der Waals surface area contributed by atoms with Crippen molar-refractivity contribution in [2.45, 2.75) is 6.61 Å². The van der Waals surface area contributed by atoms with Gasteiger partial charge in [-0.15, -0.1) is 0 Å². The first kappa shape index (κ1) is 10.4. The maximum atomic E-state index is 12.6. The summed E-state index contributed by atoms with van der Waals surface area (Å²) in [6.45, 7) is 0.318. The lowest BCUT2D eigenvalue weighted by atomic mass is 10.2. The van der Waals surface area contributed by atoms with Crippen molar-refractivity contribution < 1.29 is 14.2 Å². The molecule has 0 aliphatic rings. The highest BCUT2D eigenvalue weighted by Crippen LogP contribution is 2.13. The number of halogens is 1. The molecule has 1 aromatic carbocycles. The van der Waals surface area contributed by atoms with Gasteiger partial charge in [0.05, 0.1) is 6.20 Å². The first-order valence-corrected chi connectivity index (χ1v) is 4.76. The van der Waals surface area contributed by atoms with Gasteiger partial charge in [-0.3, -0.25) is 0 Å². The summed E-state index contributed by atoms with van der Waals surface area (Å²) in [5.74, 6) is 0.239. The molecular formula is C12H10FNO2. The molecule has 1 aromatic heterocycles. The molecule has 82 valence electrons. The van der Waals surface area contributed by atoms with Gasteiger partial charge >= 0.3 is 0 Å².